The number of hydrogen-bond acceptors (Lipinski definition) is 3. The van der Waals surface area contributed by atoms with Crippen molar-refractivity contribution in [2.24, 2.45) is 5.41 Å². The maximum Gasteiger partial charge on any atom is 0.232 e. The third-order valence-corrected chi connectivity index (χ3v) is 8.82. The van der Waals surface area contributed by atoms with Crippen LogP contribution in [0.1, 0.15) is 63.5 Å². The average Bonchev–Trinajstić information content (AvgIpc) is 3.19. The zero-order valence-corrected chi connectivity index (χ0v) is 17.0. The predicted octanol–water partition coefficient (Wildman–Crippen LogP) is 3.33. The molecule has 5 nitrogen and oxygen atoms in total. The molecule has 0 radical (unpaired) electrons. The Morgan fingerprint density at radius 1 is 1.07 bits per heavy atom. The van der Waals surface area contributed by atoms with Crippen LogP contribution in [0.15, 0.2) is 30.3 Å². The molecule has 3 fully saturated rings. The Morgan fingerprint density at radius 3 is 2.30 bits per heavy atom. The van der Waals surface area contributed by atoms with E-state index < -0.39 is 10.0 Å². The minimum Gasteiger partial charge on any atom is -0.331 e. The molecule has 2 heterocycles. The first-order valence-corrected chi connectivity index (χ1v) is 12.0. The number of sulfonamides is 1. The van der Waals surface area contributed by atoms with Crippen molar-refractivity contribution in [3.63, 3.8) is 0 Å². The normalized spacial score (nSPS) is 26.5. The summed E-state index contributed by atoms with van der Waals surface area (Å²) in [6, 6.07) is 10.7. The maximum atomic E-state index is 13.2. The Balaban J connectivity index is 1.52. The third kappa shape index (κ3) is 3.11. The van der Waals surface area contributed by atoms with Crippen LogP contribution in [-0.4, -0.2) is 48.4 Å². The van der Waals surface area contributed by atoms with Gasteiger partial charge < -0.3 is 4.90 Å². The van der Waals surface area contributed by atoms with Gasteiger partial charge in [0.25, 0.3) is 0 Å². The summed E-state index contributed by atoms with van der Waals surface area (Å²) >= 11 is 0. The molecule has 2 aliphatic heterocycles. The van der Waals surface area contributed by atoms with Crippen molar-refractivity contribution in [1.82, 2.24) is 9.21 Å². The van der Waals surface area contributed by atoms with Gasteiger partial charge in [0.2, 0.25) is 15.9 Å². The second kappa shape index (κ2) is 7.21. The van der Waals surface area contributed by atoms with Crippen molar-refractivity contribution in [3.8, 4) is 0 Å². The second-order valence-electron chi connectivity index (χ2n) is 8.34. The van der Waals surface area contributed by atoms with Crippen LogP contribution in [0.25, 0.3) is 0 Å². The highest BCUT2D eigenvalue weighted by atomic mass is 32.2. The molecule has 1 aromatic rings. The molecule has 4 rings (SSSR count). The van der Waals surface area contributed by atoms with Crippen molar-refractivity contribution in [3.05, 3.63) is 35.9 Å². The van der Waals surface area contributed by atoms with Gasteiger partial charge in [-0.25, -0.2) is 12.7 Å². The fourth-order valence-corrected chi connectivity index (χ4v) is 7.00. The van der Waals surface area contributed by atoms with Crippen molar-refractivity contribution in [2.75, 3.05) is 18.8 Å². The molecule has 0 N–H and O–H groups in total. The van der Waals surface area contributed by atoms with E-state index in [0.29, 0.717) is 25.4 Å². The highest BCUT2D eigenvalue weighted by molar-refractivity contribution is 7.89. The van der Waals surface area contributed by atoms with E-state index in [-0.39, 0.29) is 23.3 Å². The molecule has 1 aromatic carbocycles. The molecule has 1 saturated carbocycles. The van der Waals surface area contributed by atoms with E-state index in [2.05, 4.69) is 29.2 Å². The molecule has 1 spiro atoms. The SMILES string of the molecule is CCCS(=O)(=O)N1CCC(N2C(=O)C3(CCCC3)C2c2ccccc2)CC1. The number of piperidine rings is 1. The molecular weight excluding hydrogens is 360 g/mol. The standard InChI is InChI=1S/C21H30N2O3S/c1-2-16-27(25,26)22-14-10-18(11-15-22)23-19(17-8-4-3-5-9-17)21(20(23)24)12-6-7-13-21/h3-5,8-9,18-19H,2,6-7,10-16H2,1H3. The van der Waals surface area contributed by atoms with E-state index in [1.54, 1.807) is 4.31 Å². The first kappa shape index (κ1) is 18.9. The Hall–Kier alpha value is -1.40. The largest absolute Gasteiger partial charge is 0.331 e. The van der Waals surface area contributed by atoms with E-state index in [0.717, 1.165) is 38.5 Å². The van der Waals surface area contributed by atoms with Gasteiger partial charge in [0.05, 0.1) is 17.2 Å². The number of nitrogens with zero attached hydrogens (tertiary/aromatic N) is 2. The van der Waals surface area contributed by atoms with Crippen LogP contribution in [0.5, 0.6) is 0 Å². The van der Waals surface area contributed by atoms with Crippen LogP contribution < -0.4 is 0 Å². The van der Waals surface area contributed by atoms with Crippen molar-refractivity contribution >= 4 is 15.9 Å². The number of β-lactam (4-membered cyclic amide) rings is 1. The Morgan fingerprint density at radius 2 is 1.70 bits per heavy atom. The third-order valence-electron chi connectivity index (χ3n) is 6.75. The summed E-state index contributed by atoms with van der Waals surface area (Å²) in [6.07, 6.45) is 6.39. The molecular formula is C21H30N2O3S. The van der Waals surface area contributed by atoms with Gasteiger partial charge in [0.15, 0.2) is 0 Å². The predicted molar refractivity (Wildman–Crippen MR) is 106 cm³/mol. The van der Waals surface area contributed by atoms with Crippen molar-refractivity contribution < 1.29 is 13.2 Å². The molecule has 1 aliphatic carbocycles. The lowest BCUT2D eigenvalue weighted by atomic mass is 9.65. The number of amides is 1. The summed E-state index contributed by atoms with van der Waals surface area (Å²) in [7, 11) is -3.14. The van der Waals surface area contributed by atoms with Gasteiger partial charge in [-0.15, -0.1) is 0 Å². The summed E-state index contributed by atoms with van der Waals surface area (Å²) in [5.74, 6) is 0.527. The van der Waals surface area contributed by atoms with Crippen molar-refractivity contribution in [1.29, 1.82) is 0 Å². The molecule has 2 saturated heterocycles. The maximum absolute atomic E-state index is 13.2. The highest BCUT2D eigenvalue weighted by Crippen LogP contribution is 2.60. The molecule has 1 atom stereocenters. The topological polar surface area (TPSA) is 57.7 Å². The molecule has 1 amide bonds. The summed E-state index contributed by atoms with van der Waals surface area (Å²) in [5, 5.41) is 0. The molecule has 6 heteroatoms. The van der Waals surface area contributed by atoms with Gasteiger partial charge in [-0.3, -0.25) is 4.79 Å². The number of rotatable bonds is 5. The second-order valence-corrected chi connectivity index (χ2v) is 10.4. The quantitative estimate of drug-likeness (QED) is 0.725. The lowest BCUT2D eigenvalue weighted by molar-refractivity contribution is -0.180. The zero-order valence-electron chi connectivity index (χ0n) is 16.1. The minimum absolute atomic E-state index is 0.155. The Kier molecular flexibility index (Phi) is 5.06. The van der Waals surface area contributed by atoms with Crippen LogP contribution in [0.4, 0.5) is 0 Å². The van der Waals surface area contributed by atoms with Crippen molar-refractivity contribution in [2.45, 2.75) is 64.0 Å². The van der Waals surface area contributed by atoms with Crippen LogP contribution in [0, 0.1) is 5.41 Å². The number of carbonyl (C=O) groups is 1. The van der Waals surface area contributed by atoms with Gasteiger partial charge in [-0.1, -0.05) is 50.1 Å². The van der Waals surface area contributed by atoms with E-state index in [4.69, 9.17) is 0 Å². The number of hydrogen-bond donors (Lipinski definition) is 0. The van der Waals surface area contributed by atoms with E-state index >= 15 is 0 Å². The molecule has 0 aromatic heterocycles. The molecule has 27 heavy (non-hydrogen) atoms. The molecule has 148 valence electrons. The lowest BCUT2D eigenvalue weighted by Crippen LogP contribution is -2.66. The van der Waals surface area contributed by atoms with Gasteiger partial charge in [-0.2, -0.15) is 0 Å². The fourth-order valence-electron chi connectivity index (χ4n) is 5.46. The summed E-state index contributed by atoms with van der Waals surface area (Å²) in [6.45, 7) is 2.96. The van der Waals surface area contributed by atoms with Crippen LogP contribution in [0.3, 0.4) is 0 Å². The zero-order chi connectivity index (χ0) is 19.1. The first-order valence-electron chi connectivity index (χ1n) is 10.3. The van der Waals surface area contributed by atoms with E-state index in [1.165, 1.54) is 5.56 Å². The van der Waals surface area contributed by atoms with Gasteiger partial charge in [-0.05, 0) is 37.7 Å². The monoisotopic (exact) mass is 390 g/mol. The Bertz CT molecular complexity index is 779. The number of carbonyl (C=O) groups excluding carboxylic acids is 1. The molecule has 1 unspecified atom stereocenters. The van der Waals surface area contributed by atoms with E-state index in [1.807, 2.05) is 13.0 Å². The molecule has 3 aliphatic rings. The summed E-state index contributed by atoms with van der Waals surface area (Å²) < 4.78 is 26.3. The summed E-state index contributed by atoms with van der Waals surface area (Å²) in [4.78, 5) is 15.3. The Labute approximate surface area is 162 Å². The van der Waals surface area contributed by atoms with Gasteiger partial charge >= 0.3 is 0 Å². The van der Waals surface area contributed by atoms with Crippen LogP contribution in [-0.2, 0) is 14.8 Å². The summed E-state index contributed by atoms with van der Waals surface area (Å²) in [5.41, 5.74) is 1.03. The highest BCUT2D eigenvalue weighted by Gasteiger charge is 2.63. The van der Waals surface area contributed by atoms with Gasteiger partial charge in [0.1, 0.15) is 0 Å². The smallest absolute Gasteiger partial charge is 0.232 e. The minimum atomic E-state index is -3.14. The molecule has 0 bridgehead atoms. The number of benzene rings is 1. The average molecular weight is 391 g/mol. The van der Waals surface area contributed by atoms with Crippen LogP contribution >= 0.6 is 0 Å². The fraction of sp³-hybridized carbons (Fsp3) is 0.667. The van der Waals surface area contributed by atoms with E-state index in [9.17, 15) is 13.2 Å². The van der Waals surface area contributed by atoms with Crippen LogP contribution in [0.2, 0.25) is 0 Å². The lowest BCUT2D eigenvalue weighted by Gasteiger charge is -2.59. The first-order chi connectivity index (χ1) is 13.0. The van der Waals surface area contributed by atoms with Gasteiger partial charge in [0, 0.05) is 19.1 Å². The number of likely N-dealkylation sites (tertiary alicyclic amines) is 1.